The van der Waals surface area contributed by atoms with Crippen LogP contribution in [0.5, 0.6) is 0 Å². The summed E-state index contributed by atoms with van der Waals surface area (Å²) in [6, 6.07) is 13.0. The normalized spacial score (nSPS) is 10.4. The zero-order valence-electron chi connectivity index (χ0n) is 11.8. The lowest BCUT2D eigenvalue weighted by Gasteiger charge is -2.01. The molecule has 0 atom stereocenters. The summed E-state index contributed by atoms with van der Waals surface area (Å²) in [5, 5.41) is 12.8. The summed E-state index contributed by atoms with van der Waals surface area (Å²) in [6.45, 7) is 0. The highest BCUT2D eigenvalue weighted by Crippen LogP contribution is 2.09. The minimum Gasteiger partial charge on any atom is -0.478 e. The third-order valence-electron chi connectivity index (χ3n) is 2.87. The molecule has 0 heterocycles. The van der Waals surface area contributed by atoms with E-state index in [1.54, 1.807) is 42.6 Å². The highest BCUT2D eigenvalue weighted by Gasteiger charge is 2.03. The number of carbonyl (C=O) groups excluding carboxylic acids is 1. The van der Waals surface area contributed by atoms with Crippen LogP contribution in [0, 0.1) is 0 Å². The third kappa shape index (κ3) is 3.92. The lowest BCUT2D eigenvalue weighted by atomic mass is 10.1. The molecule has 0 aliphatic carbocycles. The smallest absolute Gasteiger partial charge is 0.337 e. The first kappa shape index (κ1) is 15.2. The number of hydrogen-bond acceptors (Lipinski definition) is 5. The van der Waals surface area contributed by atoms with Crippen molar-refractivity contribution in [1.82, 2.24) is 0 Å². The van der Waals surface area contributed by atoms with Gasteiger partial charge in [-0.15, -0.1) is 0 Å². The largest absolute Gasteiger partial charge is 0.478 e. The van der Waals surface area contributed by atoms with Gasteiger partial charge in [0.15, 0.2) is 0 Å². The lowest BCUT2D eigenvalue weighted by Crippen LogP contribution is -2.00. The average Bonchev–Trinajstić information content (AvgIpc) is 2.55. The van der Waals surface area contributed by atoms with Gasteiger partial charge in [0.2, 0.25) is 0 Å². The fourth-order valence-electron chi connectivity index (χ4n) is 1.69. The highest BCUT2D eigenvalue weighted by molar-refractivity contribution is 5.90. The van der Waals surface area contributed by atoms with Crippen molar-refractivity contribution in [1.29, 1.82) is 0 Å². The van der Waals surface area contributed by atoms with E-state index < -0.39 is 5.97 Å². The Labute approximate surface area is 127 Å². The Kier molecular flexibility index (Phi) is 4.87. The number of hydrazone groups is 1. The second-order valence-electron chi connectivity index (χ2n) is 4.37. The summed E-state index contributed by atoms with van der Waals surface area (Å²) >= 11 is 0. The van der Waals surface area contributed by atoms with E-state index in [9.17, 15) is 9.59 Å². The number of methoxy groups -OCH3 is 1. The number of nitrogens with zero attached hydrogens (tertiary/aromatic N) is 1. The van der Waals surface area contributed by atoms with Crippen molar-refractivity contribution in [3.8, 4) is 0 Å². The first-order valence-electron chi connectivity index (χ1n) is 6.41. The third-order valence-corrected chi connectivity index (χ3v) is 2.87. The van der Waals surface area contributed by atoms with Crippen molar-refractivity contribution in [2.24, 2.45) is 5.10 Å². The molecule has 2 rings (SSSR count). The van der Waals surface area contributed by atoms with E-state index in [1.165, 1.54) is 19.2 Å². The van der Waals surface area contributed by atoms with Gasteiger partial charge in [-0.05, 0) is 42.0 Å². The number of ether oxygens (including phenoxy) is 1. The molecule has 0 saturated carbocycles. The number of rotatable bonds is 5. The Hall–Kier alpha value is -3.15. The van der Waals surface area contributed by atoms with Crippen LogP contribution in [-0.4, -0.2) is 30.4 Å². The molecule has 0 bridgehead atoms. The maximum absolute atomic E-state index is 11.3. The molecule has 0 spiro atoms. The van der Waals surface area contributed by atoms with Gasteiger partial charge in [-0.1, -0.05) is 12.1 Å². The molecule has 0 aliphatic heterocycles. The number of anilines is 1. The molecule has 2 aromatic carbocycles. The molecule has 0 aromatic heterocycles. The molecule has 112 valence electrons. The molecule has 0 fully saturated rings. The Balaban J connectivity index is 1.97. The molecular formula is C16H14N2O4. The second-order valence-corrected chi connectivity index (χ2v) is 4.37. The van der Waals surface area contributed by atoms with Gasteiger partial charge < -0.3 is 9.84 Å². The monoisotopic (exact) mass is 298 g/mol. The van der Waals surface area contributed by atoms with Crippen molar-refractivity contribution in [3.63, 3.8) is 0 Å². The second kappa shape index (κ2) is 7.03. The molecule has 0 unspecified atom stereocenters. The first-order valence-corrected chi connectivity index (χ1v) is 6.41. The molecule has 0 amide bonds. The van der Waals surface area contributed by atoms with Crippen molar-refractivity contribution in [2.45, 2.75) is 0 Å². The lowest BCUT2D eigenvalue weighted by molar-refractivity contribution is 0.0600. The number of aromatic carboxylic acids is 1. The van der Waals surface area contributed by atoms with Crippen LogP contribution in [0.1, 0.15) is 26.3 Å². The standard InChI is InChI=1S/C16H14N2O4/c1-22-16(21)13-4-2-11(3-5-13)10-17-18-14-8-6-12(7-9-14)15(19)20/h2-10,18H,1H3,(H,19,20)/b17-10+. The molecule has 6 nitrogen and oxygen atoms in total. The van der Waals surface area contributed by atoms with Gasteiger partial charge in [-0.2, -0.15) is 5.10 Å². The minimum absolute atomic E-state index is 0.216. The van der Waals surface area contributed by atoms with Crippen LogP contribution in [0.4, 0.5) is 5.69 Å². The molecular weight excluding hydrogens is 284 g/mol. The number of carboxylic acids is 1. The molecule has 22 heavy (non-hydrogen) atoms. The number of hydrogen-bond donors (Lipinski definition) is 2. The van der Waals surface area contributed by atoms with E-state index in [1.807, 2.05) is 0 Å². The van der Waals surface area contributed by atoms with Crippen LogP contribution in [0.3, 0.4) is 0 Å². The van der Waals surface area contributed by atoms with E-state index >= 15 is 0 Å². The molecule has 6 heteroatoms. The van der Waals surface area contributed by atoms with Crippen LogP contribution in [0.25, 0.3) is 0 Å². The predicted octanol–water partition coefficient (Wildman–Crippen LogP) is 2.62. The molecule has 0 aliphatic rings. The van der Waals surface area contributed by atoms with E-state index in [4.69, 9.17) is 5.11 Å². The van der Waals surface area contributed by atoms with E-state index in [0.29, 0.717) is 11.3 Å². The van der Waals surface area contributed by atoms with Gasteiger partial charge in [-0.25, -0.2) is 9.59 Å². The average molecular weight is 298 g/mol. The number of esters is 1. The summed E-state index contributed by atoms with van der Waals surface area (Å²) < 4.78 is 4.61. The fourth-order valence-corrected chi connectivity index (χ4v) is 1.69. The van der Waals surface area contributed by atoms with Crippen molar-refractivity contribution < 1.29 is 19.4 Å². The number of carboxylic acid groups (broad SMARTS) is 1. The summed E-state index contributed by atoms with van der Waals surface area (Å²) in [5.74, 6) is -1.36. The summed E-state index contributed by atoms with van der Waals surface area (Å²) in [7, 11) is 1.33. The van der Waals surface area contributed by atoms with Crippen LogP contribution in [0.2, 0.25) is 0 Å². The zero-order chi connectivity index (χ0) is 15.9. The Morgan fingerprint density at radius 2 is 1.64 bits per heavy atom. The van der Waals surface area contributed by atoms with Crippen LogP contribution < -0.4 is 5.43 Å². The number of benzene rings is 2. The van der Waals surface area contributed by atoms with Crippen molar-refractivity contribution in [2.75, 3.05) is 12.5 Å². The highest BCUT2D eigenvalue weighted by atomic mass is 16.5. The molecule has 2 aromatic rings. The Bertz CT molecular complexity index is 691. The van der Waals surface area contributed by atoms with Gasteiger partial charge in [0.05, 0.1) is 30.1 Å². The van der Waals surface area contributed by atoms with Crippen molar-refractivity contribution >= 4 is 23.8 Å². The van der Waals surface area contributed by atoms with E-state index in [2.05, 4.69) is 15.3 Å². The molecule has 0 radical (unpaired) electrons. The number of nitrogens with one attached hydrogen (secondary N) is 1. The van der Waals surface area contributed by atoms with Crippen molar-refractivity contribution in [3.05, 3.63) is 65.2 Å². The van der Waals surface area contributed by atoms with Gasteiger partial charge in [0, 0.05) is 0 Å². The summed E-state index contributed by atoms with van der Waals surface area (Å²) in [4.78, 5) is 22.0. The zero-order valence-corrected chi connectivity index (χ0v) is 11.8. The van der Waals surface area contributed by atoms with Crippen LogP contribution in [0.15, 0.2) is 53.6 Å². The van der Waals surface area contributed by atoms with E-state index in [0.717, 1.165) is 5.56 Å². The van der Waals surface area contributed by atoms with E-state index in [-0.39, 0.29) is 11.5 Å². The van der Waals surface area contributed by atoms with Gasteiger partial charge in [-0.3, -0.25) is 5.43 Å². The fraction of sp³-hybridized carbons (Fsp3) is 0.0625. The van der Waals surface area contributed by atoms with Gasteiger partial charge in [0.1, 0.15) is 0 Å². The minimum atomic E-state index is -0.972. The SMILES string of the molecule is COC(=O)c1ccc(/C=N/Nc2ccc(C(=O)O)cc2)cc1. The maximum Gasteiger partial charge on any atom is 0.337 e. The summed E-state index contributed by atoms with van der Waals surface area (Å²) in [5.41, 5.74) is 4.96. The Morgan fingerprint density at radius 3 is 2.18 bits per heavy atom. The quantitative estimate of drug-likeness (QED) is 0.503. The first-order chi connectivity index (χ1) is 10.6. The Morgan fingerprint density at radius 1 is 1.05 bits per heavy atom. The maximum atomic E-state index is 11.3. The van der Waals surface area contributed by atoms with Crippen LogP contribution >= 0.6 is 0 Å². The number of carbonyl (C=O) groups is 2. The molecule has 0 saturated heterocycles. The van der Waals surface area contributed by atoms with Gasteiger partial charge >= 0.3 is 11.9 Å². The summed E-state index contributed by atoms with van der Waals surface area (Å²) in [6.07, 6.45) is 1.59. The predicted molar refractivity (Wildman–Crippen MR) is 82.4 cm³/mol. The topological polar surface area (TPSA) is 88.0 Å². The van der Waals surface area contributed by atoms with Gasteiger partial charge in [0.25, 0.3) is 0 Å². The molecule has 2 N–H and O–H groups in total. The van der Waals surface area contributed by atoms with Crippen LogP contribution in [-0.2, 0) is 4.74 Å².